The highest BCUT2D eigenvalue weighted by atomic mass is 79.9. The number of halogens is 1. The Bertz CT molecular complexity index is 120. The molecule has 0 aliphatic heterocycles. The van der Waals surface area contributed by atoms with E-state index in [1.807, 2.05) is 0 Å². The fourth-order valence-corrected chi connectivity index (χ4v) is 2.88. The molecule has 0 amide bonds. The van der Waals surface area contributed by atoms with E-state index in [-0.39, 0.29) is 0 Å². The molecule has 0 N–H and O–H groups in total. The van der Waals surface area contributed by atoms with E-state index < -0.39 is 0 Å². The molecule has 0 heterocycles. The number of alkyl halides is 1. The quantitative estimate of drug-likeness (QED) is 0.494. The molecule has 0 bridgehead atoms. The van der Waals surface area contributed by atoms with Crippen molar-refractivity contribution in [2.24, 2.45) is 17.8 Å². The first-order chi connectivity index (χ1) is 5.74. The van der Waals surface area contributed by atoms with Crippen LogP contribution in [0.25, 0.3) is 0 Å². The molecule has 0 saturated heterocycles. The van der Waals surface area contributed by atoms with Crippen LogP contribution in [0.5, 0.6) is 0 Å². The zero-order valence-electron chi connectivity index (χ0n) is 8.35. The molecule has 72 valence electrons. The smallest absolute Gasteiger partial charge is 0.00596 e. The molecular weight excluding hydrogens is 212 g/mol. The van der Waals surface area contributed by atoms with E-state index in [9.17, 15) is 0 Å². The van der Waals surface area contributed by atoms with Gasteiger partial charge in [0.25, 0.3) is 0 Å². The molecule has 1 aliphatic carbocycles. The SMILES string of the molecule is CC(C)C1CCCC(CBr)CC1. The summed E-state index contributed by atoms with van der Waals surface area (Å²) in [6.07, 6.45) is 7.30. The second kappa shape index (κ2) is 5.26. The Hall–Kier alpha value is 0.480. The van der Waals surface area contributed by atoms with Gasteiger partial charge in [-0.05, 0) is 37.0 Å². The van der Waals surface area contributed by atoms with Gasteiger partial charge in [-0.25, -0.2) is 0 Å². The zero-order valence-corrected chi connectivity index (χ0v) is 9.94. The van der Waals surface area contributed by atoms with Crippen molar-refractivity contribution in [3.8, 4) is 0 Å². The molecule has 2 atom stereocenters. The Kier molecular flexibility index (Phi) is 4.63. The van der Waals surface area contributed by atoms with E-state index in [4.69, 9.17) is 0 Å². The molecule has 1 fully saturated rings. The third-order valence-corrected chi connectivity index (χ3v) is 4.21. The maximum Gasteiger partial charge on any atom is 0.00596 e. The third-order valence-electron chi connectivity index (χ3n) is 3.29. The van der Waals surface area contributed by atoms with Crippen LogP contribution in [-0.4, -0.2) is 5.33 Å². The molecule has 1 heteroatoms. The Morgan fingerprint density at radius 2 is 1.92 bits per heavy atom. The van der Waals surface area contributed by atoms with Crippen molar-refractivity contribution in [3.63, 3.8) is 0 Å². The van der Waals surface area contributed by atoms with Gasteiger partial charge in [0.1, 0.15) is 0 Å². The summed E-state index contributed by atoms with van der Waals surface area (Å²) in [6, 6.07) is 0. The van der Waals surface area contributed by atoms with Gasteiger partial charge < -0.3 is 0 Å². The standard InChI is InChI=1S/C11H21Br/c1-9(2)11-5-3-4-10(8-12)6-7-11/h9-11H,3-8H2,1-2H3. The summed E-state index contributed by atoms with van der Waals surface area (Å²) in [5.41, 5.74) is 0. The normalized spacial score (nSPS) is 32.0. The monoisotopic (exact) mass is 232 g/mol. The Morgan fingerprint density at radius 1 is 1.17 bits per heavy atom. The van der Waals surface area contributed by atoms with Crippen LogP contribution in [0.15, 0.2) is 0 Å². The minimum atomic E-state index is 0.902. The molecule has 0 aromatic rings. The van der Waals surface area contributed by atoms with Gasteiger partial charge >= 0.3 is 0 Å². The largest absolute Gasteiger partial charge is 0.0925 e. The summed E-state index contributed by atoms with van der Waals surface area (Å²) in [5, 5.41) is 1.22. The molecule has 0 nitrogen and oxygen atoms in total. The molecule has 1 saturated carbocycles. The third kappa shape index (κ3) is 3.08. The lowest BCUT2D eigenvalue weighted by Crippen LogP contribution is -2.07. The maximum absolute atomic E-state index is 3.60. The van der Waals surface area contributed by atoms with Gasteiger partial charge in [0.05, 0.1) is 0 Å². The fourth-order valence-electron chi connectivity index (χ4n) is 2.23. The van der Waals surface area contributed by atoms with Gasteiger partial charge in [0, 0.05) is 5.33 Å². The second-order valence-electron chi connectivity index (χ2n) is 4.53. The Labute approximate surface area is 85.3 Å². The van der Waals surface area contributed by atoms with E-state index in [0.29, 0.717) is 0 Å². The van der Waals surface area contributed by atoms with Crippen molar-refractivity contribution in [2.45, 2.75) is 46.0 Å². The van der Waals surface area contributed by atoms with E-state index >= 15 is 0 Å². The predicted octanol–water partition coefficient (Wildman–Crippen LogP) is 4.23. The molecule has 0 aromatic carbocycles. The van der Waals surface area contributed by atoms with Crippen molar-refractivity contribution < 1.29 is 0 Å². The molecule has 0 aromatic heterocycles. The van der Waals surface area contributed by atoms with Gasteiger partial charge in [-0.1, -0.05) is 42.6 Å². The summed E-state index contributed by atoms with van der Waals surface area (Å²) >= 11 is 3.60. The molecule has 0 radical (unpaired) electrons. The van der Waals surface area contributed by atoms with Gasteiger partial charge in [0.15, 0.2) is 0 Å². The molecule has 2 unspecified atom stereocenters. The predicted molar refractivity (Wildman–Crippen MR) is 58.7 cm³/mol. The van der Waals surface area contributed by atoms with Crippen LogP contribution in [0, 0.1) is 17.8 Å². The average molecular weight is 233 g/mol. The van der Waals surface area contributed by atoms with Crippen molar-refractivity contribution in [1.29, 1.82) is 0 Å². The van der Waals surface area contributed by atoms with Crippen LogP contribution in [0.3, 0.4) is 0 Å². The van der Waals surface area contributed by atoms with E-state index in [2.05, 4.69) is 29.8 Å². The van der Waals surface area contributed by atoms with Crippen LogP contribution in [0.4, 0.5) is 0 Å². The molecule has 1 rings (SSSR count). The maximum atomic E-state index is 3.60. The lowest BCUT2D eigenvalue weighted by Gasteiger charge is -2.17. The van der Waals surface area contributed by atoms with Crippen LogP contribution < -0.4 is 0 Å². The van der Waals surface area contributed by atoms with E-state index in [1.54, 1.807) is 0 Å². The Balaban J connectivity index is 2.34. The van der Waals surface area contributed by atoms with Crippen molar-refractivity contribution in [1.82, 2.24) is 0 Å². The van der Waals surface area contributed by atoms with Gasteiger partial charge in [-0.15, -0.1) is 0 Å². The fraction of sp³-hybridized carbons (Fsp3) is 1.00. The lowest BCUT2D eigenvalue weighted by atomic mass is 9.89. The zero-order chi connectivity index (χ0) is 8.97. The summed E-state index contributed by atoms with van der Waals surface area (Å²) in [7, 11) is 0. The van der Waals surface area contributed by atoms with Crippen LogP contribution in [0.1, 0.15) is 46.0 Å². The van der Waals surface area contributed by atoms with E-state index in [0.717, 1.165) is 17.8 Å². The molecule has 0 spiro atoms. The van der Waals surface area contributed by atoms with Gasteiger partial charge in [-0.2, -0.15) is 0 Å². The highest BCUT2D eigenvalue weighted by Crippen LogP contribution is 2.32. The van der Waals surface area contributed by atoms with Crippen molar-refractivity contribution >= 4 is 15.9 Å². The second-order valence-corrected chi connectivity index (χ2v) is 5.18. The van der Waals surface area contributed by atoms with Crippen LogP contribution in [0.2, 0.25) is 0 Å². The van der Waals surface area contributed by atoms with Gasteiger partial charge in [-0.3, -0.25) is 0 Å². The number of rotatable bonds is 2. The van der Waals surface area contributed by atoms with Crippen molar-refractivity contribution in [2.75, 3.05) is 5.33 Å². The van der Waals surface area contributed by atoms with Gasteiger partial charge in [0.2, 0.25) is 0 Å². The summed E-state index contributed by atoms with van der Waals surface area (Å²) in [6.45, 7) is 4.75. The van der Waals surface area contributed by atoms with Crippen molar-refractivity contribution in [3.05, 3.63) is 0 Å². The first kappa shape index (κ1) is 10.6. The molecule has 12 heavy (non-hydrogen) atoms. The number of hydrogen-bond acceptors (Lipinski definition) is 0. The minimum absolute atomic E-state index is 0.902. The lowest BCUT2D eigenvalue weighted by molar-refractivity contribution is 0.338. The van der Waals surface area contributed by atoms with Crippen LogP contribution >= 0.6 is 15.9 Å². The minimum Gasteiger partial charge on any atom is -0.0925 e. The first-order valence-corrected chi connectivity index (χ1v) is 6.42. The number of hydrogen-bond donors (Lipinski definition) is 0. The van der Waals surface area contributed by atoms with Crippen LogP contribution in [-0.2, 0) is 0 Å². The molecule has 1 aliphatic rings. The topological polar surface area (TPSA) is 0 Å². The first-order valence-electron chi connectivity index (χ1n) is 5.30. The highest BCUT2D eigenvalue weighted by Gasteiger charge is 2.19. The highest BCUT2D eigenvalue weighted by molar-refractivity contribution is 9.09. The summed E-state index contributed by atoms with van der Waals surface area (Å²) in [4.78, 5) is 0. The van der Waals surface area contributed by atoms with E-state index in [1.165, 1.54) is 37.4 Å². The molecular formula is C11H21Br. The summed E-state index contributed by atoms with van der Waals surface area (Å²) < 4.78 is 0. The average Bonchev–Trinajstić information content (AvgIpc) is 2.28. The summed E-state index contributed by atoms with van der Waals surface area (Å²) in [5.74, 6) is 2.88. The Morgan fingerprint density at radius 3 is 2.50 bits per heavy atom.